The first-order valence-electron chi connectivity index (χ1n) is 7.02. The predicted molar refractivity (Wildman–Crippen MR) is 81.0 cm³/mol. The molecule has 0 saturated heterocycles. The van der Waals surface area contributed by atoms with Gasteiger partial charge in [0.05, 0.1) is 24.2 Å². The Morgan fingerprint density at radius 2 is 2.05 bits per heavy atom. The third-order valence-corrected chi connectivity index (χ3v) is 2.91. The van der Waals surface area contributed by atoms with E-state index >= 15 is 0 Å². The predicted octanol–water partition coefficient (Wildman–Crippen LogP) is 2.69. The lowest BCUT2D eigenvalue weighted by Crippen LogP contribution is -2.23. The fourth-order valence-corrected chi connectivity index (χ4v) is 1.69. The van der Waals surface area contributed by atoms with Crippen LogP contribution in [0.25, 0.3) is 0 Å². The van der Waals surface area contributed by atoms with Crippen molar-refractivity contribution in [2.75, 3.05) is 5.32 Å². The summed E-state index contributed by atoms with van der Waals surface area (Å²) in [6.45, 7) is 7.46. The third kappa shape index (κ3) is 5.44. The maximum absolute atomic E-state index is 11.8. The summed E-state index contributed by atoms with van der Waals surface area (Å²) >= 11 is 0. The second-order valence-electron chi connectivity index (χ2n) is 5.55. The van der Waals surface area contributed by atoms with E-state index in [2.05, 4.69) is 5.32 Å². The number of benzene rings is 1. The molecule has 1 unspecified atom stereocenters. The summed E-state index contributed by atoms with van der Waals surface area (Å²) in [6, 6.07) is 6.95. The molecule has 0 aliphatic heterocycles. The maximum atomic E-state index is 11.8. The zero-order chi connectivity index (χ0) is 16.0. The fraction of sp³-hybridized carbons (Fsp3) is 0.500. The highest BCUT2D eigenvalue weighted by molar-refractivity contribution is 5.91. The van der Waals surface area contributed by atoms with Crippen molar-refractivity contribution in [3.8, 4) is 11.8 Å². The number of carbonyl (C=O) groups is 1. The summed E-state index contributed by atoms with van der Waals surface area (Å²) in [7, 11) is 0. The van der Waals surface area contributed by atoms with Gasteiger partial charge >= 0.3 is 0 Å². The van der Waals surface area contributed by atoms with Gasteiger partial charge in [0.2, 0.25) is 5.91 Å². The number of carbonyl (C=O) groups excluding carboxylic acids is 1. The van der Waals surface area contributed by atoms with Gasteiger partial charge in [-0.05, 0) is 38.0 Å². The second kappa shape index (κ2) is 7.65. The van der Waals surface area contributed by atoms with Crippen LogP contribution >= 0.6 is 0 Å². The average molecular weight is 290 g/mol. The van der Waals surface area contributed by atoms with Gasteiger partial charge in [-0.15, -0.1) is 0 Å². The number of hydrogen-bond acceptors (Lipinski definition) is 4. The molecular weight excluding hydrogens is 268 g/mol. The molecule has 0 aliphatic rings. The normalized spacial score (nSPS) is 12.1. The van der Waals surface area contributed by atoms with E-state index < -0.39 is 6.10 Å². The Morgan fingerprint density at radius 3 is 2.57 bits per heavy atom. The Hall–Kier alpha value is -2.06. The quantitative estimate of drug-likeness (QED) is 0.844. The summed E-state index contributed by atoms with van der Waals surface area (Å²) in [5.74, 6) is 0.234. The highest BCUT2D eigenvalue weighted by Crippen LogP contribution is 2.23. The highest BCUT2D eigenvalue weighted by atomic mass is 16.5. The van der Waals surface area contributed by atoms with Gasteiger partial charge in [-0.1, -0.05) is 13.8 Å². The monoisotopic (exact) mass is 290 g/mol. The number of rotatable bonds is 6. The van der Waals surface area contributed by atoms with Crippen molar-refractivity contribution in [3.63, 3.8) is 0 Å². The van der Waals surface area contributed by atoms with Gasteiger partial charge in [-0.2, -0.15) is 5.26 Å². The maximum Gasteiger partial charge on any atom is 0.226 e. The van der Waals surface area contributed by atoms with E-state index in [9.17, 15) is 9.90 Å². The molecule has 0 fully saturated rings. The zero-order valence-electron chi connectivity index (χ0n) is 12.9. The topological polar surface area (TPSA) is 82.3 Å². The van der Waals surface area contributed by atoms with Gasteiger partial charge in [0, 0.05) is 5.69 Å². The number of anilines is 1. The largest absolute Gasteiger partial charge is 0.490 e. The number of nitriles is 1. The van der Waals surface area contributed by atoms with Gasteiger partial charge in [0.1, 0.15) is 11.8 Å². The lowest BCUT2D eigenvalue weighted by atomic mass is 10.0. The first kappa shape index (κ1) is 17.0. The van der Waals surface area contributed by atoms with Crippen LogP contribution in [0.3, 0.4) is 0 Å². The summed E-state index contributed by atoms with van der Waals surface area (Å²) in [4.78, 5) is 11.8. The molecule has 0 aliphatic carbocycles. The molecule has 0 saturated carbocycles. The summed E-state index contributed by atoms with van der Waals surface area (Å²) < 4.78 is 5.52. The van der Waals surface area contributed by atoms with Crippen LogP contribution in [-0.4, -0.2) is 23.2 Å². The highest BCUT2D eigenvalue weighted by Gasteiger charge is 2.15. The first-order chi connectivity index (χ1) is 9.83. The average Bonchev–Trinajstić information content (AvgIpc) is 2.39. The minimum absolute atomic E-state index is 0.0206. The van der Waals surface area contributed by atoms with E-state index in [0.29, 0.717) is 17.0 Å². The smallest absolute Gasteiger partial charge is 0.226 e. The Morgan fingerprint density at radius 1 is 1.38 bits per heavy atom. The van der Waals surface area contributed by atoms with Crippen LogP contribution in [-0.2, 0) is 4.79 Å². The molecule has 0 aromatic heterocycles. The zero-order valence-corrected chi connectivity index (χ0v) is 12.9. The third-order valence-electron chi connectivity index (χ3n) is 2.91. The molecule has 1 aromatic rings. The van der Waals surface area contributed by atoms with Crippen LogP contribution < -0.4 is 10.1 Å². The van der Waals surface area contributed by atoms with Crippen LogP contribution in [0.1, 0.15) is 39.7 Å². The van der Waals surface area contributed by atoms with Gasteiger partial charge < -0.3 is 15.2 Å². The SMILES string of the molecule is CC(C)Oc1ccc(NC(=O)CC(O)C(C)C)cc1C#N. The minimum Gasteiger partial charge on any atom is -0.490 e. The fourth-order valence-electron chi connectivity index (χ4n) is 1.69. The molecule has 0 radical (unpaired) electrons. The Labute approximate surface area is 125 Å². The molecule has 1 amide bonds. The molecule has 1 aromatic carbocycles. The number of nitrogens with zero attached hydrogens (tertiary/aromatic N) is 1. The van der Waals surface area contributed by atoms with Gasteiger partial charge in [-0.3, -0.25) is 4.79 Å². The summed E-state index contributed by atoms with van der Waals surface area (Å²) in [5, 5.41) is 21.5. The number of amides is 1. The van der Waals surface area contributed by atoms with E-state index in [0.717, 1.165) is 0 Å². The molecule has 1 rings (SSSR count). The number of aliphatic hydroxyl groups is 1. The molecule has 0 spiro atoms. The summed E-state index contributed by atoms with van der Waals surface area (Å²) in [6.07, 6.45) is -0.674. The van der Waals surface area contributed by atoms with E-state index in [1.54, 1.807) is 18.2 Å². The van der Waals surface area contributed by atoms with Crippen molar-refractivity contribution >= 4 is 11.6 Å². The van der Waals surface area contributed by atoms with Crippen molar-refractivity contribution in [2.45, 2.75) is 46.3 Å². The standard InChI is InChI=1S/C16H22N2O3/c1-10(2)14(19)8-16(20)18-13-5-6-15(21-11(3)4)12(7-13)9-17/h5-7,10-11,14,19H,8H2,1-4H3,(H,18,20). The van der Waals surface area contributed by atoms with Crippen molar-refractivity contribution in [1.82, 2.24) is 0 Å². The molecule has 1 atom stereocenters. The Bertz CT molecular complexity index is 533. The van der Waals surface area contributed by atoms with Crippen LogP contribution in [0.5, 0.6) is 5.75 Å². The molecule has 2 N–H and O–H groups in total. The molecule has 0 bridgehead atoms. The van der Waals surface area contributed by atoms with E-state index in [4.69, 9.17) is 10.00 Å². The first-order valence-corrected chi connectivity index (χ1v) is 7.02. The summed E-state index contributed by atoms with van der Waals surface area (Å²) in [5.41, 5.74) is 0.884. The number of nitrogens with one attached hydrogen (secondary N) is 1. The molecular formula is C16H22N2O3. The molecule has 5 nitrogen and oxygen atoms in total. The van der Waals surface area contributed by atoms with Crippen molar-refractivity contribution in [3.05, 3.63) is 23.8 Å². The van der Waals surface area contributed by atoms with Crippen LogP contribution in [0.15, 0.2) is 18.2 Å². The molecule has 5 heteroatoms. The molecule has 21 heavy (non-hydrogen) atoms. The van der Waals surface area contributed by atoms with E-state index in [1.165, 1.54) is 0 Å². The van der Waals surface area contributed by atoms with Crippen molar-refractivity contribution < 1.29 is 14.6 Å². The molecule has 0 heterocycles. The van der Waals surface area contributed by atoms with E-state index in [1.807, 2.05) is 33.8 Å². The lowest BCUT2D eigenvalue weighted by molar-refractivity contribution is -0.118. The Balaban J connectivity index is 2.77. The van der Waals surface area contributed by atoms with Crippen LogP contribution in [0.2, 0.25) is 0 Å². The van der Waals surface area contributed by atoms with Crippen molar-refractivity contribution in [1.29, 1.82) is 5.26 Å². The lowest BCUT2D eigenvalue weighted by Gasteiger charge is -2.15. The molecule has 114 valence electrons. The number of hydrogen-bond donors (Lipinski definition) is 2. The Kier molecular flexibility index (Phi) is 6.19. The second-order valence-corrected chi connectivity index (χ2v) is 5.55. The number of ether oxygens (including phenoxy) is 1. The van der Waals surface area contributed by atoms with Crippen LogP contribution in [0, 0.1) is 17.2 Å². The van der Waals surface area contributed by atoms with E-state index in [-0.39, 0.29) is 24.3 Å². The van der Waals surface area contributed by atoms with Gasteiger partial charge in [0.15, 0.2) is 0 Å². The van der Waals surface area contributed by atoms with Crippen LogP contribution in [0.4, 0.5) is 5.69 Å². The van der Waals surface area contributed by atoms with Crippen molar-refractivity contribution in [2.24, 2.45) is 5.92 Å². The van der Waals surface area contributed by atoms with Gasteiger partial charge in [-0.25, -0.2) is 0 Å². The van der Waals surface area contributed by atoms with Gasteiger partial charge in [0.25, 0.3) is 0 Å². The minimum atomic E-state index is -0.677. The number of aliphatic hydroxyl groups excluding tert-OH is 1.